The first-order chi connectivity index (χ1) is 7.72. The van der Waals surface area contributed by atoms with Crippen LogP contribution in [-0.4, -0.2) is 40.4 Å². The van der Waals surface area contributed by atoms with Crippen LogP contribution in [0.25, 0.3) is 0 Å². The van der Waals surface area contributed by atoms with E-state index in [1.807, 2.05) is 6.92 Å². The number of nitrogens with one attached hydrogen (secondary N) is 1. The number of aliphatic hydroxyl groups is 1. The Bertz CT molecular complexity index is 226. The van der Waals surface area contributed by atoms with E-state index in [-0.39, 0.29) is 6.04 Å². The van der Waals surface area contributed by atoms with Gasteiger partial charge in [-0.3, -0.25) is 4.79 Å². The molecule has 102 valence electrons. The Labute approximate surface area is 103 Å². The SMILES string of the molecule is C[C@@H](CC(C)(C)O)NCCCC[C@H](N)C(=O)O. The quantitative estimate of drug-likeness (QED) is 0.449. The lowest BCUT2D eigenvalue weighted by Gasteiger charge is -2.23. The van der Waals surface area contributed by atoms with Crippen LogP contribution in [0.4, 0.5) is 0 Å². The summed E-state index contributed by atoms with van der Waals surface area (Å²) in [5, 5.41) is 21.5. The Hall–Kier alpha value is -0.650. The molecule has 17 heavy (non-hydrogen) atoms. The lowest BCUT2D eigenvalue weighted by Crippen LogP contribution is -2.35. The van der Waals surface area contributed by atoms with Crippen molar-refractivity contribution in [1.29, 1.82) is 0 Å². The van der Waals surface area contributed by atoms with Crippen LogP contribution >= 0.6 is 0 Å². The second-order valence-electron chi connectivity index (χ2n) is 5.31. The van der Waals surface area contributed by atoms with Crippen molar-refractivity contribution in [3.63, 3.8) is 0 Å². The van der Waals surface area contributed by atoms with Crippen LogP contribution < -0.4 is 11.1 Å². The van der Waals surface area contributed by atoms with Gasteiger partial charge in [-0.15, -0.1) is 0 Å². The Kier molecular flexibility index (Phi) is 7.34. The fourth-order valence-corrected chi connectivity index (χ4v) is 1.78. The summed E-state index contributed by atoms with van der Waals surface area (Å²) in [6.45, 7) is 6.43. The Morgan fingerprint density at radius 2 is 2.00 bits per heavy atom. The largest absolute Gasteiger partial charge is 0.480 e. The van der Waals surface area contributed by atoms with Gasteiger partial charge in [0.2, 0.25) is 0 Å². The van der Waals surface area contributed by atoms with Crippen LogP contribution in [0.5, 0.6) is 0 Å². The van der Waals surface area contributed by atoms with Crippen molar-refractivity contribution in [3.05, 3.63) is 0 Å². The minimum Gasteiger partial charge on any atom is -0.480 e. The first kappa shape index (κ1) is 16.4. The van der Waals surface area contributed by atoms with Crippen LogP contribution in [0.2, 0.25) is 0 Å². The second-order valence-corrected chi connectivity index (χ2v) is 5.31. The highest BCUT2D eigenvalue weighted by molar-refractivity contribution is 5.72. The normalized spacial score (nSPS) is 15.6. The van der Waals surface area contributed by atoms with Crippen molar-refractivity contribution < 1.29 is 15.0 Å². The molecule has 0 fully saturated rings. The predicted molar refractivity (Wildman–Crippen MR) is 67.8 cm³/mol. The lowest BCUT2D eigenvalue weighted by atomic mass is 10.0. The summed E-state index contributed by atoms with van der Waals surface area (Å²) in [6.07, 6.45) is 2.91. The van der Waals surface area contributed by atoms with E-state index in [2.05, 4.69) is 5.32 Å². The standard InChI is InChI=1S/C12H26N2O3/c1-9(8-12(2,3)17)14-7-5-4-6-10(13)11(15)16/h9-10,14,17H,4-8,13H2,1-3H3,(H,15,16)/t9-,10-/m0/s1. The van der Waals surface area contributed by atoms with Gasteiger partial charge in [0.25, 0.3) is 0 Å². The van der Waals surface area contributed by atoms with Crippen LogP contribution in [0.1, 0.15) is 46.5 Å². The van der Waals surface area contributed by atoms with Crippen molar-refractivity contribution in [2.24, 2.45) is 5.73 Å². The minimum absolute atomic E-state index is 0.253. The molecule has 5 heteroatoms. The van der Waals surface area contributed by atoms with E-state index in [9.17, 15) is 9.90 Å². The number of carbonyl (C=O) groups is 1. The minimum atomic E-state index is -0.937. The van der Waals surface area contributed by atoms with Crippen molar-refractivity contribution in [3.8, 4) is 0 Å². The maximum Gasteiger partial charge on any atom is 0.320 e. The molecule has 0 saturated heterocycles. The van der Waals surface area contributed by atoms with Gasteiger partial charge in [-0.25, -0.2) is 0 Å². The van der Waals surface area contributed by atoms with Crippen LogP contribution in [0.15, 0.2) is 0 Å². The molecule has 0 radical (unpaired) electrons. The molecule has 0 aliphatic heterocycles. The number of carboxylic acids is 1. The molecule has 5 N–H and O–H groups in total. The molecule has 0 aromatic carbocycles. The number of aliphatic carboxylic acids is 1. The number of carboxylic acid groups (broad SMARTS) is 1. The summed E-state index contributed by atoms with van der Waals surface area (Å²) >= 11 is 0. The number of hydrogen-bond donors (Lipinski definition) is 4. The van der Waals surface area contributed by atoms with Crippen molar-refractivity contribution in [1.82, 2.24) is 5.32 Å². The van der Waals surface area contributed by atoms with E-state index < -0.39 is 17.6 Å². The summed E-state index contributed by atoms with van der Waals surface area (Å²) in [5.41, 5.74) is 4.73. The molecule has 0 amide bonds. The summed E-state index contributed by atoms with van der Waals surface area (Å²) in [5.74, 6) is -0.937. The molecule has 0 unspecified atom stereocenters. The first-order valence-corrected chi connectivity index (χ1v) is 6.16. The van der Waals surface area contributed by atoms with E-state index in [4.69, 9.17) is 10.8 Å². The highest BCUT2D eigenvalue weighted by Gasteiger charge is 2.16. The fraction of sp³-hybridized carbons (Fsp3) is 0.917. The van der Waals surface area contributed by atoms with Crippen LogP contribution in [-0.2, 0) is 4.79 Å². The third-order valence-electron chi connectivity index (χ3n) is 2.56. The van der Waals surface area contributed by atoms with Gasteiger partial charge >= 0.3 is 5.97 Å². The highest BCUT2D eigenvalue weighted by Crippen LogP contribution is 2.10. The lowest BCUT2D eigenvalue weighted by molar-refractivity contribution is -0.138. The topological polar surface area (TPSA) is 95.6 Å². The third kappa shape index (κ3) is 10.2. The Morgan fingerprint density at radius 3 is 2.47 bits per heavy atom. The first-order valence-electron chi connectivity index (χ1n) is 6.16. The number of nitrogens with two attached hydrogens (primary N) is 1. The number of hydrogen-bond acceptors (Lipinski definition) is 4. The number of rotatable bonds is 9. The van der Waals surface area contributed by atoms with Gasteiger partial charge in [-0.1, -0.05) is 6.42 Å². The summed E-state index contributed by atoms with van der Waals surface area (Å²) in [4.78, 5) is 10.5. The molecule has 0 rings (SSSR count). The Morgan fingerprint density at radius 1 is 1.41 bits per heavy atom. The zero-order chi connectivity index (χ0) is 13.5. The van der Waals surface area contributed by atoms with Gasteiger partial charge in [-0.05, 0) is 46.6 Å². The van der Waals surface area contributed by atoms with Gasteiger partial charge in [0.05, 0.1) is 5.60 Å². The molecule has 0 bridgehead atoms. The van der Waals surface area contributed by atoms with E-state index in [1.54, 1.807) is 13.8 Å². The zero-order valence-corrected chi connectivity index (χ0v) is 11.1. The molecule has 0 heterocycles. The molecule has 0 aromatic rings. The van der Waals surface area contributed by atoms with Crippen molar-refractivity contribution in [2.75, 3.05) is 6.54 Å². The van der Waals surface area contributed by atoms with Gasteiger partial charge < -0.3 is 21.3 Å². The molecule has 0 aliphatic carbocycles. The van der Waals surface area contributed by atoms with E-state index in [1.165, 1.54) is 0 Å². The predicted octanol–water partition coefficient (Wildman–Crippen LogP) is 0.708. The van der Waals surface area contributed by atoms with Gasteiger partial charge in [0.1, 0.15) is 6.04 Å². The Balaban J connectivity index is 3.49. The fourth-order valence-electron chi connectivity index (χ4n) is 1.78. The average molecular weight is 246 g/mol. The highest BCUT2D eigenvalue weighted by atomic mass is 16.4. The van der Waals surface area contributed by atoms with Crippen molar-refractivity contribution in [2.45, 2.75) is 64.1 Å². The monoisotopic (exact) mass is 246 g/mol. The summed E-state index contributed by atoms with van der Waals surface area (Å²) in [6, 6.07) is -0.494. The molecule has 0 aromatic heterocycles. The van der Waals surface area contributed by atoms with E-state index in [0.717, 1.165) is 19.4 Å². The van der Waals surface area contributed by atoms with E-state index >= 15 is 0 Å². The molecule has 0 saturated carbocycles. The van der Waals surface area contributed by atoms with E-state index in [0.29, 0.717) is 12.8 Å². The number of unbranched alkanes of at least 4 members (excludes halogenated alkanes) is 1. The zero-order valence-electron chi connectivity index (χ0n) is 11.1. The van der Waals surface area contributed by atoms with Crippen LogP contribution in [0, 0.1) is 0 Å². The smallest absolute Gasteiger partial charge is 0.320 e. The summed E-state index contributed by atoms with van der Waals surface area (Å²) < 4.78 is 0. The molecule has 0 aliphatic rings. The maximum atomic E-state index is 10.5. The molecule has 0 spiro atoms. The van der Waals surface area contributed by atoms with Crippen molar-refractivity contribution >= 4 is 5.97 Å². The molecule has 5 nitrogen and oxygen atoms in total. The second kappa shape index (κ2) is 7.63. The third-order valence-corrected chi connectivity index (χ3v) is 2.56. The average Bonchev–Trinajstić information content (AvgIpc) is 2.13. The molecular weight excluding hydrogens is 220 g/mol. The van der Waals surface area contributed by atoms with Gasteiger partial charge in [-0.2, -0.15) is 0 Å². The van der Waals surface area contributed by atoms with Gasteiger partial charge in [0, 0.05) is 6.04 Å². The molecule has 2 atom stereocenters. The van der Waals surface area contributed by atoms with Crippen LogP contribution in [0.3, 0.4) is 0 Å². The molecular formula is C12H26N2O3. The maximum absolute atomic E-state index is 10.5. The summed E-state index contributed by atoms with van der Waals surface area (Å²) in [7, 11) is 0. The van der Waals surface area contributed by atoms with Gasteiger partial charge in [0.15, 0.2) is 0 Å².